The fourth-order valence-corrected chi connectivity index (χ4v) is 2.95. The summed E-state index contributed by atoms with van der Waals surface area (Å²) in [5.41, 5.74) is 0. The molecule has 0 amide bonds. The summed E-state index contributed by atoms with van der Waals surface area (Å²) in [6.07, 6.45) is -17.3. The summed E-state index contributed by atoms with van der Waals surface area (Å²) in [6, 6.07) is 0. The summed E-state index contributed by atoms with van der Waals surface area (Å²) in [5, 5.41) is 58.7. The van der Waals surface area contributed by atoms with Gasteiger partial charge in [0.15, 0.2) is 24.8 Å². The van der Waals surface area contributed by atoms with E-state index in [1.54, 1.807) is 0 Å². The van der Waals surface area contributed by atoms with E-state index in [4.69, 9.17) is 23.7 Å². The Balaban J connectivity index is 2.24. The molecule has 156 valence electrons. The SMILES string of the molecule is COC1OC(C(=O)O)[C@@H](OC2OC(C(=O)O)[C@@H](OC)[C@H](O)[C@H]2O)[C@H](O)[C@H]1O. The third-order valence-electron chi connectivity index (χ3n) is 4.37. The van der Waals surface area contributed by atoms with Crippen molar-refractivity contribution in [2.45, 2.75) is 61.4 Å². The van der Waals surface area contributed by atoms with Crippen LogP contribution in [-0.4, -0.2) is 118 Å². The Morgan fingerprint density at radius 2 is 1.15 bits per heavy atom. The van der Waals surface area contributed by atoms with Crippen LogP contribution in [0.1, 0.15) is 0 Å². The van der Waals surface area contributed by atoms with Gasteiger partial charge in [-0.2, -0.15) is 0 Å². The van der Waals surface area contributed by atoms with Gasteiger partial charge >= 0.3 is 11.9 Å². The molecule has 0 aromatic rings. The van der Waals surface area contributed by atoms with Gasteiger partial charge in [0.05, 0.1) is 0 Å². The van der Waals surface area contributed by atoms with Crippen LogP contribution in [-0.2, 0) is 33.3 Å². The first-order valence-corrected chi connectivity index (χ1v) is 7.83. The van der Waals surface area contributed by atoms with Crippen molar-refractivity contribution < 1.29 is 63.9 Å². The Bertz CT molecular complexity index is 541. The maximum absolute atomic E-state index is 11.4. The highest BCUT2D eigenvalue weighted by molar-refractivity contribution is 5.74. The average Bonchev–Trinajstić information content (AvgIpc) is 2.62. The maximum Gasteiger partial charge on any atom is 0.335 e. The van der Waals surface area contributed by atoms with Crippen molar-refractivity contribution in [2.75, 3.05) is 14.2 Å². The number of aliphatic hydroxyl groups is 4. The van der Waals surface area contributed by atoms with Crippen LogP contribution in [0.15, 0.2) is 0 Å². The van der Waals surface area contributed by atoms with Crippen molar-refractivity contribution in [1.82, 2.24) is 0 Å². The third kappa shape index (κ3) is 4.21. The minimum atomic E-state index is -1.86. The Hall–Kier alpha value is -1.42. The van der Waals surface area contributed by atoms with Gasteiger partial charge in [0.2, 0.25) is 0 Å². The molecule has 0 bridgehead atoms. The number of carboxylic acids is 2. The molecule has 2 rings (SSSR count). The van der Waals surface area contributed by atoms with Crippen LogP contribution >= 0.6 is 0 Å². The molecule has 2 aliphatic heterocycles. The first-order valence-electron chi connectivity index (χ1n) is 7.83. The summed E-state index contributed by atoms with van der Waals surface area (Å²) in [6.45, 7) is 0. The molecule has 0 aliphatic carbocycles. The largest absolute Gasteiger partial charge is 0.479 e. The molecule has 2 fully saturated rings. The second kappa shape index (κ2) is 8.72. The lowest BCUT2D eigenvalue weighted by molar-refractivity contribution is -0.349. The lowest BCUT2D eigenvalue weighted by Crippen LogP contribution is -2.65. The molecule has 0 radical (unpaired) electrons. The summed E-state index contributed by atoms with van der Waals surface area (Å²) < 4.78 is 24.9. The number of aliphatic carboxylic acids is 2. The summed E-state index contributed by atoms with van der Waals surface area (Å²) in [7, 11) is 2.22. The molecule has 13 nitrogen and oxygen atoms in total. The number of rotatable bonds is 6. The van der Waals surface area contributed by atoms with Crippen LogP contribution in [0.4, 0.5) is 0 Å². The molecule has 0 saturated carbocycles. The van der Waals surface area contributed by atoms with E-state index < -0.39 is 73.4 Å². The van der Waals surface area contributed by atoms with E-state index in [0.29, 0.717) is 0 Å². The monoisotopic (exact) mass is 398 g/mol. The van der Waals surface area contributed by atoms with Gasteiger partial charge < -0.3 is 54.3 Å². The van der Waals surface area contributed by atoms with Crippen molar-refractivity contribution in [3.8, 4) is 0 Å². The lowest BCUT2D eigenvalue weighted by atomic mass is 9.96. The number of hydrogen-bond acceptors (Lipinski definition) is 11. The topological polar surface area (TPSA) is 202 Å². The molecule has 2 saturated heterocycles. The lowest BCUT2D eigenvalue weighted by Gasteiger charge is -2.45. The smallest absolute Gasteiger partial charge is 0.335 e. The van der Waals surface area contributed by atoms with Crippen molar-refractivity contribution in [3.63, 3.8) is 0 Å². The van der Waals surface area contributed by atoms with E-state index in [1.165, 1.54) is 0 Å². The Morgan fingerprint density at radius 3 is 1.63 bits per heavy atom. The van der Waals surface area contributed by atoms with E-state index in [1.807, 2.05) is 0 Å². The maximum atomic E-state index is 11.4. The Labute approximate surface area is 152 Å². The first kappa shape index (κ1) is 21.9. The van der Waals surface area contributed by atoms with Gasteiger partial charge in [-0.15, -0.1) is 0 Å². The van der Waals surface area contributed by atoms with Gasteiger partial charge in [0.1, 0.15) is 36.6 Å². The number of methoxy groups -OCH3 is 2. The zero-order valence-corrected chi connectivity index (χ0v) is 14.3. The summed E-state index contributed by atoms with van der Waals surface area (Å²) >= 11 is 0. The fraction of sp³-hybridized carbons (Fsp3) is 0.857. The van der Waals surface area contributed by atoms with Crippen molar-refractivity contribution in [3.05, 3.63) is 0 Å². The van der Waals surface area contributed by atoms with Crippen molar-refractivity contribution >= 4 is 11.9 Å². The van der Waals surface area contributed by atoms with Gasteiger partial charge in [-0.05, 0) is 0 Å². The van der Waals surface area contributed by atoms with Gasteiger partial charge in [-0.25, -0.2) is 9.59 Å². The Morgan fingerprint density at radius 1 is 0.704 bits per heavy atom. The molecule has 10 atom stereocenters. The molecule has 2 heterocycles. The number of carboxylic acid groups (broad SMARTS) is 2. The molecule has 2 aliphatic rings. The quantitative estimate of drug-likeness (QED) is 0.254. The van der Waals surface area contributed by atoms with Crippen LogP contribution in [0.2, 0.25) is 0 Å². The minimum absolute atomic E-state index is 1.10. The average molecular weight is 398 g/mol. The van der Waals surface area contributed by atoms with Gasteiger partial charge in [-0.1, -0.05) is 0 Å². The molecule has 4 unspecified atom stereocenters. The number of ether oxygens (including phenoxy) is 5. The van der Waals surface area contributed by atoms with E-state index in [2.05, 4.69) is 0 Å². The van der Waals surface area contributed by atoms with Gasteiger partial charge in [0.25, 0.3) is 0 Å². The molecular formula is C14H22O13. The molecule has 27 heavy (non-hydrogen) atoms. The third-order valence-corrected chi connectivity index (χ3v) is 4.37. The second-order valence-corrected chi connectivity index (χ2v) is 6.03. The first-order chi connectivity index (χ1) is 12.6. The zero-order chi connectivity index (χ0) is 20.5. The molecule has 13 heteroatoms. The zero-order valence-electron chi connectivity index (χ0n) is 14.3. The fourth-order valence-electron chi connectivity index (χ4n) is 2.95. The standard InChI is InChI=1S/C14H22O13/c1-23-7-3(15)6(18)14(27-9(7)11(19)20)25-8-4(16)5(17)13(24-2)26-10(8)12(21)22/h3-10,13-18H,1-2H3,(H,19,20)(H,21,22)/t3-,4-,5-,6-,7+,8+,9?,10?,13?,14?/m1/s1. The van der Waals surface area contributed by atoms with E-state index in [-0.39, 0.29) is 0 Å². The predicted octanol–water partition coefficient (Wildman–Crippen LogP) is -3.90. The molecular weight excluding hydrogens is 376 g/mol. The normalized spacial score (nSPS) is 45.4. The highest BCUT2D eigenvalue weighted by Crippen LogP contribution is 2.30. The van der Waals surface area contributed by atoms with Crippen LogP contribution in [0, 0.1) is 0 Å². The summed E-state index contributed by atoms with van der Waals surface area (Å²) in [4.78, 5) is 22.7. The van der Waals surface area contributed by atoms with Crippen LogP contribution < -0.4 is 0 Å². The van der Waals surface area contributed by atoms with E-state index in [9.17, 15) is 40.2 Å². The van der Waals surface area contributed by atoms with Crippen molar-refractivity contribution in [2.24, 2.45) is 0 Å². The second-order valence-electron chi connectivity index (χ2n) is 6.03. The highest BCUT2D eigenvalue weighted by Gasteiger charge is 2.54. The van der Waals surface area contributed by atoms with Crippen LogP contribution in [0.3, 0.4) is 0 Å². The van der Waals surface area contributed by atoms with Crippen molar-refractivity contribution in [1.29, 1.82) is 0 Å². The van der Waals surface area contributed by atoms with Crippen LogP contribution in [0.25, 0.3) is 0 Å². The minimum Gasteiger partial charge on any atom is -0.479 e. The van der Waals surface area contributed by atoms with Gasteiger partial charge in [0, 0.05) is 14.2 Å². The highest BCUT2D eigenvalue weighted by atomic mass is 16.7. The molecule has 6 N–H and O–H groups in total. The summed E-state index contributed by atoms with van der Waals surface area (Å²) in [5.74, 6) is -3.11. The number of hydrogen-bond donors (Lipinski definition) is 6. The molecule has 0 aromatic heterocycles. The molecule has 0 aromatic carbocycles. The predicted molar refractivity (Wildman–Crippen MR) is 79.3 cm³/mol. The molecule has 0 spiro atoms. The van der Waals surface area contributed by atoms with Crippen LogP contribution in [0.5, 0.6) is 0 Å². The number of aliphatic hydroxyl groups excluding tert-OH is 4. The van der Waals surface area contributed by atoms with E-state index >= 15 is 0 Å². The Kier molecular flexibility index (Phi) is 7.07. The number of carbonyl (C=O) groups is 2. The van der Waals surface area contributed by atoms with Gasteiger partial charge in [-0.3, -0.25) is 0 Å². The van der Waals surface area contributed by atoms with E-state index in [0.717, 1.165) is 14.2 Å².